The van der Waals surface area contributed by atoms with E-state index in [0.717, 1.165) is 16.0 Å². The van der Waals surface area contributed by atoms with E-state index in [1.807, 2.05) is 28.8 Å². The van der Waals surface area contributed by atoms with Crippen molar-refractivity contribution in [3.63, 3.8) is 0 Å². The van der Waals surface area contributed by atoms with Gasteiger partial charge in [0.15, 0.2) is 10.6 Å². The summed E-state index contributed by atoms with van der Waals surface area (Å²) in [6.45, 7) is 4.67. The number of ether oxygens (including phenoxy) is 1. The zero-order valence-corrected chi connectivity index (χ0v) is 12.0. The van der Waals surface area contributed by atoms with E-state index in [4.69, 9.17) is 17.0 Å². The van der Waals surface area contributed by atoms with Gasteiger partial charge >= 0.3 is 0 Å². The van der Waals surface area contributed by atoms with E-state index in [1.165, 1.54) is 0 Å². The lowest BCUT2D eigenvalue weighted by Gasteiger charge is -2.06. The molecule has 0 aliphatic carbocycles. The topological polar surface area (TPSA) is 42.8 Å². The number of rotatable bonds is 5. The maximum Gasteiger partial charge on any atom is 0.195 e. The first-order valence-electron chi connectivity index (χ1n) is 5.34. The molecule has 0 atom stereocenters. The Morgan fingerprint density at radius 3 is 2.83 bits per heavy atom. The van der Waals surface area contributed by atoms with Gasteiger partial charge in [0.1, 0.15) is 12.4 Å². The Morgan fingerprint density at radius 2 is 2.17 bits per heavy atom. The zero-order valence-electron chi connectivity index (χ0n) is 9.60. The number of aromatic nitrogens is 3. The van der Waals surface area contributed by atoms with Crippen LogP contribution in [0.5, 0.6) is 5.75 Å². The molecule has 0 radical (unpaired) electrons. The van der Waals surface area contributed by atoms with E-state index in [2.05, 4.69) is 32.7 Å². The highest BCUT2D eigenvalue weighted by molar-refractivity contribution is 9.10. The van der Waals surface area contributed by atoms with E-state index >= 15 is 0 Å². The lowest BCUT2D eigenvalue weighted by atomic mass is 10.3. The van der Waals surface area contributed by atoms with Gasteiger partial charge in [0.25, 0.3) is 0 Å². The van der Waals surface area contributed by atoms with Crippen molar-refractivity contribution in [2.24, 2.45) is 0 Å². The molecular formula is C12H12BrN3OS. The standard InChI is InChI=1S/C12H12BrN3OS/c1-2-7-16-11(14-15-12(16)18)8-17-10-5-3-9(13)4-6-10/h2-6H,1,7-8H2,(H,15,18). The Balaban J connectivity index is 2.08. The largest absolute Gasteiger partial charge is 0.486 e. The van der Waals surface area contributed by atoms with E-state index < -0.39 is 0 Å². The molecule has 0 fully saturated rings. The Bertz CT molecular complexity index is 588. The van der Waals surface area contributed by atoms with Crippen molar-refractivity contribution in [1.29, 1.82) is 0 Å². The molecule has 18 heavy (non-hydrogen) atoms. The first kappa shape index (κ1) is 13.0. The number of H-pyrrole nitrogens is 1. The SMILES string of the molecule is C=CCn1c(COc2ccc(Br)cc2)n[nH]c1=S. The molecule has 94 valence electrons. The predicted molar refractivity (Wildman–Crippen MR) is 76.1 cm³/mol. The van der Waals surface area contributed by atoms with Crippen molar-refractivity contribution in [1.82, 2.24) is 14.8 Å². The van der Waals surface area contributed by atoms with Crippen molar-refractivity contribution in [3.8, 4) is 5.75 Å². The van der Waals surface area contributed by atoms with Gasteiger partial charge in [-0.3, -0.25) is 9.67 Å². The van der Waals surface area contributed by atoms with Gasteiger partial charge in [-0.1, -0.05) is 22.0 Å². The predicted octanol–water partition coefficient (Wildman–Crippen LogP) is 3.47. The van der Waals surface area contributed by atoms with Gasteiger partial charge in [0.05, 0.1) is 0 Å². The fraction of sp³-hybridized carbons (Fsp3) is 0.167. The minimum Gasteiger partial charge on any atom is -0.486 e. The van der Waals surface area contributed by atoms with Crippen LogP contribution >= 0.6 is 28.1 Å². The summed E-state index contributed by atoms with van der Waals surface area (Å²) in [6.07, 6.45) is 1.77. The molecule has 6 heteroatoms. The molecule has 0 spiro atoms. The van der Waals surface area contributed by atoms with Gasteiger partial charge in [-0.2, -0.15) is 5.10 Å². The van der Waals surface area contributed by atoms with Crippen LogP contribution in [0.2, 0.25) is 0 Å². The van der Waals surface area contributed by atoms with Crippen LogP contribution in [0.1, 0.15) is 5.82 Å². The average molecular weight is 326 g/mol. The van der Waals surface area contributed by atoms with Crippen molar-refractivity contribution >= 4 is 28.1 Å². The molecule has 2 aromatic rings. The van der Waals surface area contributed by atoms with Gasteiger partial charge in [-0.15, -0.1) is 6.58 Å². The summed E-state index contributed by atoms with van der Waals surface area (Å²) in [5.41, 5.74) is 0. The highest BCUT2D eigenvalue weighted by Gasteiger charge is 2.05. The van der Waals surface area contributed by atoms with Crippen LogP contribution < -0.4 is 4.74 Å². The summed E-state index contributed by atoms with van der Waals surface area (Å²) in [7, 11) is 0. The molecule has 0 amide bonds. The number of hydrogen-bond acceptors (Lipinski definition) is 3. The number of benzene rings is 1. The zero-order chi connectivity index (χ0) is 13.0. The first-order chi connectivity index (χ1) is 8.70. The molecule has 1 heterocycles. The van der Waals surface area contributed by atoms with Gasteiger partial charge < -0.3 is 4.74 Å². The molecule has 0 aliphatic heterocycles. The Morgan fingerprint density at radius 1 is 1.44 bits per heavy atom. The van der Waals surface area contributed by atoms with Crippen molar-refractivity contribution in [2.75, 3.05) is 0 Å². The molecule has 0 saturated carbocycles. The second kappa shape index (κ2) is 5.97. The maximum absolute atomic E-state index is 5.64. The molecule has 0 unspecified atom stereocenters. The smallest absolute Gasteiger partial charge is 0.195 e. The average Bonchev–Trinajstić information content (AvgIpc) is 2.71. The Labute approximate surface area is 118 Å². The number of hydrogen-bond donors (Lipinski definition) is 1. The van der Waals surface area contributed by atoms with Crippen LogP contribution in [0.25, 0.3) is 0 Å². The molecule has 4 nitrogen and oxygen atoms in total. The molecule has 1 aromatic heterocycles. The molecule has 0 aliphatic rings. The first-order valence-corrected chi connectivity index (χ1v) is 6.54. The van der Waals surface area contributed by atoms with E-state index in [9.17, 15) is 0 Å². The third-order valence-corrected chi connectivity index (χ3v) is 3.17. The van der Waals surface area contributed by atoms with Gasteiger partial charge in [-0.25, -0.2) is 0 Å². The molecule has 2 rings (SSSR count). The third kappa shape index (κ3) is 3.08. The fourth-order valence-corrected chi connectivity index (χ4v) is 1.95. The fourth-order valence-electron chi connectivity index (χ4n) is 1.46. The lowest BCUT2D eigenvalue weighted by Crippen LogP contribution is -2.06. The summed E-state index contributed by atoms with van der Waals surface area (Å²) >= 11 is 8.50. The van der Waals surface area contributed by atoms with E-state index in [-0.39, 0.29) is 0 Å². The van der Waals surface area contributed by atoms with Crippen LogP contribution in [-0.4, -0.2) is 14.8 Å². The second-order valence-corrected chi connectivity index (χ2v) is 4.89. The van der Waals surface area contributed by atoms with Crippen LogP contribution in [0.3, 0.4) is 0 Å². The highest BCUT2D eigenvalue weighted by Crippen LogP contribution is 2.17. The molecule has 1 aromatic carbocycles. The Kier molecular flexibility index (Phi) is 4.33. The summed E-state index contributed by atoms with van der Waals surface area (Å²) < 4.78 is 9.08. The maximum atomic E-state index is 5.64. The molecular weight excluding hydrogens is 314 g/mol. The molecule has 0 bridgehead atoms. The minimum atomic E-state index is 0.364. The normalized spacial score (nSPS) is 10.3. The number of halogens is 1. The Hall–Kier alpha value is -1.40. The number of allylic oxidation sites excluding steroid dienone is 1. The van der Waals surface area contributed by atoms with Gasteiger partial charge in [-0.05, 0) is 36.5 Å². The summed E-state index contributed by atoms with van der Waals surface area (Å²) in [6, 6.07) is 7.64. The quantitative estimate of drug-likeness (QED) is 0.676. The van der Waals surface area contributed by atoms with Gasteiger partial charge in [0.2, 0.25) is 0 Å². The highest BCUT2D eigenvalue weighted by atomic mass is 79.9. The second-order valence-electron chi connectivity index (χ2n) is 3.59. The van der Waals surface area contributed by atoms with Crippen LogP contribution in [0, 0.1) is 4.77 Å². The van der Waals surface area contributed by atoms with Crippen molar-refractivity contribution in [3.05, 3.63) is 52.0 Å². The lowest BCUT2D eigenvalue weighted by molar-refractivity contribution is 0.290. The van der Waals surface area contributed by atoms with Gasteiger partial charge in [0, 0.05) is 11.0 Å². The monoisotopic (exact) mass is 325 g/mol. The molecule has 0 saturated heterocycles. The minimum absolute atomic E-state index is 0.364. The number of nitrogens with zero attached hydrogens (tertiary/aromatic N) is 2. The van der Waals surface area contributed by atoms with E-state index in [1.54, 1.807) is 6.08 Å². The summed E-state index contributed by atoms with van der Waals surface area (Å²) in [5.74, 6) is 1.54. The number of nitrogens with one attached hydrogen (secondary N) is 1. The third-order valence-electron chi connectivity index (χ3n) is 2.33. The van der Waals surface area contributed by atoms with E-state index in [0.29, 0.717) is 17.9 Å². The van der Waals surface area contributed by atoms with Crippen molar-refractivity contribution in [2.45, 2.75) is 13.2 Å². The van der Waals surface area contributed by atoms with Crippen LogP contribution in [0.4, 0.5) is 0 Å². The van der Waals surface area contributed by atoms with Crippen molar-refractivity contribution < 1.29 is 4.74 Å². The van der Waals surface area contributed by atoms with Crippen LogP contribution in [-0.2, 0) is 13.2 Å². The summed E-state index contributed by atoms with van der Waals surface area (Å²) in [4.78, 5) is 0. The summed E-state index contributed by atoms with van der Waals surface area (Å²) in [5, 5.41) is 6.88. The number of aromatic amines is 1. The van der Waals surface area contributed by atoms with Crippen LogP contribution in [0.15, 0.2) is 41.4 Å². The molecule has 1 N–H and O–H groups in total.